The van der Waals surface area contributed by atoms with Crippen molar-refractivity contribution in [3.63, 3.8) is 0 Å². The van der Waals surface area contributed by atoms with E-state index >= 15 is 0 Å². The molecule has 0 aromatic heterocycles. The summed E-state index contributed by atoms with van der Waals surface area (Å²) in [6.45, 7) is 4.78. The second-order valence-electron chi connectivity index (χ2n) is 5.72. The Balaban J connectivity index is 1.89. The molecule has 7 nitrogen and oxygen atoms in total. The number of hydrogen-bond acceptors (Lipinski definition) is 5. The molecule has 154 valence electrons. The summed E-state index contributed by atoms with van der Waals surface area (Å²) < 4.78 is 11.0. The van der Waals surface area contributed by atoms with Gasteiger partial charge in [0.15, 0.2) is 11.5 Å². The molecule has 0 fully saturated rings. The maximum atomic E-state index is 11.9. The minimum Gasteiger partial charge on any atom is -0.490 e. The van der Waals surface area contributed by atoms with Crippen molar-refractivity contribution >= 4 is 46.9 Å². The Morgan fingerprint density at radius 1 is 0.966 bits per heavy atom. The van der Waals surface area contributed by atoms with Gasteiger partial charge in [0.05, 0.1) is 29.5 Å². The molecule has 0 aliphatic carbocycles. The third kappa shape index (κ3) is 7.29. The topological polar surface area (TPSA) is 89.0 Å². The molecule has 2 N–H and O–H groups in total. The molecule has 2 aromatic rings. The highest BCUT2D eigenvalue weighted by Crippen LogP contribution is 2.28. The zero-order valence-electron chi connectivity index (χ0n) is 16.0. The van der Waals surface area contributed by atoms with Crippen LogP contribution in [0.25, 0.3) is 0 Å². The van der Waals surface area contributed by atoms with Gasteiger partial charge in [-0.2, -0.15) is 5.10 Å². The Labute approximate surface area is 179 Å². The molecule has 0 bridgehead atoms. The standard InChI is InChI=1S/C20H21Cl2N3O4/c1-3-28-17-8-5-13(9-18(17)29-4-2)12-23-25-20(27)11-19(26)24-14-6-7-15(21)16(22)10-14/h5-10,12H,3-4,11H2,1-2H3,(H,24,26)(H,25,27). The first-order chi connectivity index (χ1) is 13.9. The van der Waals surface area contributed by atoms with Crippen LogP contribution < -0.4 is 20.2 Å². The highest BCUT2D eigenvalue weighted by Gasteiger charge is 2.10. The van der Waals surface area contributed by atoms with Crippen molar-refractivity contribution in [3.05, 3.63) is 52.0 Å². The molecular weight excluding hydrogens is 417 g/mol. The SMILES string of the molecule is CCOc1ccc(C=NNC(=O)CC(=O)Nc2ccc(Cl)c(Cl)c2)cc1OCC. The zero-order chi connectivity index (χ0) is 21.2. The summed E-state index contributed by atoms with van der Waals surface area (Å²) in [7, 11) is 0. The second-order valence-corrected chi connectivity index (χ2v) is 6.53. The maximum absolute atomic E-state index is 11.9. The number of carbonyl (C=O) groups excluding carboxylic acids is 2. The Hall–Kier alpha value is -2.77. The third-order valence-electron chi connectivity index (χ3n) is 3.49. The van der Waals surface area contributed by atoms with Gasteiger partial charge in [-0.05, 0) is 55.8 Å². The molecule has 0 saturated carbocycles. The van der Waals surface area contributed by atoms with Gasteiger partial charge < -0.3 is 14.8 Å². The van der Waals surface area contributed by atoms with Gasteiger partial charge in [-0.25, -0.2) is 5.43 Å². The van der Waals surface area contributed by atoms with Gasteiger partial charge in [-0.3, -0.25) is 9.59 Å². The van der Waals surface area contributed by atoms with Crippen LogP contribution in [0, 0.1) is 0 Å². The number of ether oxygens (including phenoxy) is 2. The predicted molar refractivity (Wildman–Crippen MR) is 114 cm³/mol. The van der Waals surface area contributed by atoms with E-state index in [4.69, 9.17) is 32.7 Å². The minimum absolute atomic E-state index is 0.306. The van der Waals surface area contributed by atoms with Gasteiger partial charge in [-0.1, -0.05) is 23.2 Å². The summed E-state index contributed by atoms with van der Waals surface area (Å²) in [4.78, 5) is 23.8. The molecule has 0 radical (unpaired) electrons. The van der Waals surface area contributed by atoms with E-state index < -0.39 is 18.2 Å². The Kier molecular flexibility index (Phi) is 8.76. The summed E-state index contributed by atoms with van der Waals surface area (Å²) >= 11 is 11.7. The fourth-order valence-electron chi connectivity index (χ4n) is 2.29. The summed E-state index contributed by atoms with van der Waals surface area (Å²) in [5.41, 5.74) is 3.46. The number of anilines is 1. The van der Waals surface area contributed by atoms with E-state index in [1.54, 1.807) is 30.3 Å². The molecule has 0 atom stereocenters. The van der Waals surface area contributed by atoms with Gasteiger partial charge in [0, 0.05) is 5.69 Å². The van der Waals surface area contributed by atoms with E-state index in [2.05, 4.69) is 15.8 Å². The van der Waals surface area contributed by atoms with Crippen molar-refractivity contribution in [1.29, 1.82) is 0 Å². The molecular formula is C20H21Cl2N3O4. The smallest absolute Gasteiger partial charge is 0.249 e. The van der Waals surface area contributed by atoms with Crippen LogP contribution in [0.15, 0.2) is 41.5 Å². The van der Waals surface area contributed by atoms with Crippen LogP contribution in [-0.4, -0.2) is 31.2 Å². The molecule has 29 heavy (non-hydrogen) atoms. The van der Waals surface area contributed by atoms with Crippen molar-refractivity contribution in [3.8, 4) is 11.5 Å². The van der Waals surface area contributed by atoms with Crippen LogP contribution in [0.3, 0.4) is 0 Å². The normalized spacial score (nSPS) is 10.6. The molecule has 2 amide bonds. The Morgan fingerprint density at radius 2 is 1.69 bits per heavy atom. The third-order valence-corrected chi connectivity index (χ3v) is 4.23. The molecule has 0 heterocycles. The van der Waals surface area contributed by atoms with Gasteiger partial charge in [-0.15, -0.1) is 0 Å². The van der Waals surface area contributed by atoms with E-state index in [0.717, 1.165) is 0 Å². The lowest BCUT2D eigenvalue weighted by molar-refractivity contribution is -0.126. The van der Waals surface area contributed by atoms with Crippen molar-refractivity contribution in [1.82, 2.24) is 5.43 Å². The molecule has 0 saturated heterocycles. The van der Waals surface area contributed by atoms with E-state index in [-0.39, 0.29) is 0 Å². The molecule has 9 heteroatoms. The summed E-state index contributed by atoms with van der Waals surface area (Å²) in [6, 6.07) is 9.94. The van der Waals surface area contributed by atoms with Crippen molar-refractivity contribution in [2.24, 2.45) is 5.10 Å². The van der Waals surface area contributed by atoms with Crippen molar-refractivity contribution < 1.29 is 19.1 Å². The quantitative estimate of drug-likeness (QED) is 0.348. The lowest BCUT2D eigenvalue weighted by Crippen LogP contribution is -2.24. The number of benzene rings is 2. The fourth-order valence-corrected chi connectivity index (χ4v) is 2.59. The maximum Gasteiger partial charge on any atom is 0.249 e. The number of amides is 2. The number of rotatable bonds is 9. The van der Waals surface area contributed by atoms with E-state index in [9.17, 15) is 9.59 Å². The lowest BCUT2D eigenvalue weighted by atomic mass is 10.2. The highest BCUT2D eigenvalue weighted by atomic mass is 35.5. The lowest BCUT2D eigenvalue weighted by Gasteiger charge is -2.11. The van der Waals surface area contributed by atoms with Crippen LogP contribution in [0.5, 0.6) is 11.5 Å². The van der Waals surface area contributed by atoms with Crippen molar-refractivity contribution in [2.45, 2.75) is 20.3 Å². The first kappa shape index (κ1) is 22.5. The molecule has 0 aliphatic rings. The number of halogens is 2. The van der Waals surface area contributed by atoms with Crippen LogP contribution in [0.4, 0.5) is 5.69 Å². The first-order valence-electron chi connectivity index (χ1n) is 8.89. The monoisotopic (exact) mass is 437 g/mol. The van der Waals surface area contributed by atoms with Crippen LogP contribution in [-0.2, 0) is 9.59 Å². The summed E-state index contributed by atoms with van der Waals surface area (Å²) in [5, 5.41) is 7.11. The molecule has 2 rings (SSSR count). The van der Waals surface area contributed by atoms with Crippen LogP contribution in [0.1, 0.15) is 25.8 Å². The number of hydrogen-bond donors (Lipinski definition) is 2. The van der Waals surface area contributed by atoms with Crippen molar-refractivity contribution in [2.75, 3.05) is 18.5 Å². The first-order valence-corrected chi connectivity index (χ1v) is 9.65. The fraction of sp³-hybridized carbons (Fsp3) is 0.250. The minimum atomic E-state index is -0.560. The zero-order valence-corrected chi connectivity index (χ0v) is 17.5. The molecule has 0 aliphatic heterocycles. The van der Waals surface area contributed by atoms with Gasteiger partial charge >= 0.3 is 0 Å². The number of carbonyl (C=O) groups is 2. The Bertz CT molecular complexity index is 903. The molecule has 0 spiro atoms. The van der Waals surface area contributed by atoms with Gasteiger partial charge in [0.1, 0.15) is 6.42 Å². The number of hydrazone groups is 1. The summed E-state index contributed by atoms with van der Waals surface area (Å²) in [5.74, 6) is 0.158. The molecule has 0 unspecified atom stereocenters. The van der Waals surface area contributed by atoms with Crippen LogP contribution >= 0.6 is 23.2 Å². The Morgan fingerprint density at radius 3 is 2.38 bits per heavy atom. The van der Waals surface area contributed by atoms with E-state index in [1.165, 1.54) is 12.3 Å². The second kappa shape index (κ2) is 11.3. The van der Waals surface area contributed by atoms with Gasteiger partial charge in [0.25, 0.3) is 0 Å². The van der Waals surface area contributed by atoms with E-state index in [0.29, 0.717) is 46.0 Å². The number of nitrogens with zero attached hydrogens (tertiary/aromatic N) is 1. The predicted octanol–water partition coefficient (Wildman–Crippen LogP) is 4.27. The summed E-state index contributed by atoms with van der Waals surface area (Å²) in [6.07, 6.45) is 1.05. The van der Waals surface area contributed by atoms with Gasteiger partial charge in [0.2, 0.25) is 11.8 Å². The average Bonchev–Trinajstić information content (AvgIpc) is 2.67. The van der Waals surface area contributed by atoms with E-state index in [1.807, 2.05) is 13.8 Å². The molecule has 2 aromatic carbocycles. The highest BCUT2D eigenvalue weighted by molar-refractivity contribution is 6.42. The average molecular weight is 438 g/mol. The van der Waals surface area contributed by atoms with Crippen LogP contribution in [0.2, 0.25) is 10.0 Å². The largest absolute Gasteiger partial charge is 0.490 e. The number of nitrogens with one attached hydrogen (secondary N) is 2.